The van der Waals surface area contributed by atoms with Crippen molar-refractivity contribution in [1.82, 2.24) is 10.2 Å². The van der Waals surface area contributed by atoms with Crippen molar-refractivity contribution >= 4 is 14.8 Å². The minimum atomic E-state index is -0.157. The van der Waals surface area contributed by atoms with Gasteiger partial charge in [-0.1, -0.05) is 27.5 Å². The summed E-state index contributed by atoms with van der Waals surface area (Å²) in [5.41, 5.74) is 1.32. The van der Waals surface area contributed by atoms with Gasteiger partial charge in [0, 0.05) is 17.5 Å². The van der Waals surface area contributed by atoms with Crippen LogP contribution in [0.5, 0.6) is 11.5 Å². The van der Waals surface area contributed by atoms with Gasteiger partial charge in [0.1, 0.15) is 0 Å². The van der Waals surface area contributed by atoms with Crippen LogP contribution < -0.4 is 14.8 Å². The second kappa shape index (κ2) is 7.67. The summed E-state index contributed by atoms with van der Waals surface area (Å²) in [4.78, 5) is 14.0. The minimum absolute atomic E-state index is 0.0271. The van der Waals surface area contributed by atoms with Gasteiger partial charge in [0.2, 0.25) is 0 Å². The molecule has 1 heterocycles. The van der Waals surface area contributed by atoms with E-state index in [1.807, 2.05) is 13.0 Å². The Morgan fingerprint density at radius 3 is 2.73 bits per heavy atom. The number of ether oxygens (including phenoxy) is 2. The predicted molar refractivity (Wildman–Crippen MR) is 107 cm³/mol. The summed E-state index contributed by atoms with van der Waals surface area (Å²) in [5, 5.41) is 3.43. The summed E-state index contributed by atoms with van der Waals surface area (Å²) >= 11 is 0. The number of hydrogen-bond donors (Lipinski definition) is 1. The molecule has 1 aliphatic heterocycles. The molecule has 1 fully saturated rings. The molecular weight excluding hydrogens is 347 g/mol. The third-order valence-electron chi connectivity index (χ3n) is 5.92. The summed E-state index contributed by atoms with van der Waals surface area (Å²) in [6, 6.07) is 6.68. The Morgan fingerprint density at radius 2 is 2.08 bits per heavy atom. The maximum absolute atomic E-state index is 11.6. The van der Waals surface area contributed by atoms with Gasteiger partial charge in [-0.05, 0) is 51.1 Å². The third-order valence-corrected chi connectivity index (χ3v) is 6.42. The van der Waals surface area contributed by atoms with Gasteiger partial charge in [0.25, 0.3) is 0 Å². The number of likely N-dealkylation sites (N-methyl/N-ethyl adjacent to an activating group) is 1. The zero-order valence-corrected chi connectivity index (χ0v) is 17.1. The quantitative estimate of drug-likeness (QED) is 0.610. The monoisotopic (exact) mass is 376 g/mol. The second-order valence-corrected chi connectivity index (χ2v) is 7.92. The van der Waals surface area contributed by atoms with Crippen molar-refractivity contribution in [3.8, 4) is 11.5 Å². The fourth-order valence-electron chi connectivity index (χ4n) is 4.35. The van der Waals surface area contributed by atoms with Gasteiger partial charge in [-0.15, -0.1) is 0 Å². The Balaban J connectivity index is 1.93. The topological polar surface area (TPSA) is 50.8 Å². The van der Waals surface area contributed by atoms with Crippen LogP contribution in [-0.2, 0) is 10.2 Å². The Labute approximate surface area is 158 Å². The third kappa shape index (κ3) is 3.40. The van der Waals surface area contributed by atoms with Crippen molar-refractivity contribution in [1.29, 1.82) is 0 Å². The van der Waals surface area contributed by atoms with Gasteiger partial charge in [-0.3, -0.25) is 4.79 Å². The number of nitrogens with zero attached hydrogens (tertiary/aromatic N) is 1. The lowest BCUT2D eigenvalue weighted by Gasteiger charge is -2.41. The van der Waals surface area contributed by atoms with E-state index in [-0.39, 0.29) is 23.0 Å². The van der Waals surface area contributed by atoms with Crippen LogP contribution in [0.3, 0.4) is 0 Å². The number of fused-ring (bicyclic) bond motifs is 1. The van der Waals surface area contributed by atoms with Crippen LogP contribution in [0.4, 0.5) is 0 Å². The van der Waals surface area contributed by atoms with Gasteiger partial charge >= 0.3 is 0 Å². The van der Waals surface area contributed by atoms with E-state index in [1.165, 1.54) is 5.56 Å². The molecule has 1 N–H and O–H groups in total. The van der Waals surface area contributed by atoms with E-state index in [9.17, 15) is 4.79 Å². The van der Waals surface area contributed by atoms with E-state index in [2.05, 4.69) is 50.8 Å². The number of carbonyl (C=O) groups excluding carboxylic acids is 1. The molecule has 142 valence electrons. The van der Waals surface area contributed by atoms with E-state index < -0.39 is 0 Å². The van der Waals surface area contributed by atoms with Crippen LogP contribution in [0.1, 0.15) is 25.3 Å². The standard InChI is InChI=1S/C20H29N2O3P/c1-13(19(23)26)21-15-7-8-20(9-10-22(2)18(20)12-15)14-5-6-16(24-3)17(11-14)25-4/h5-8,11,13,15,18,21H,9-10,12,26H2,1-4H3/t13?,15?,18-,20-/m0/s1. The highest BCUT2D eigenvalue weighted by molar-refractivity contribution is 7.40. The van der Waals surface area contributed by atoms with Gasteiger partial charge in [-0.25, -0.2) is 0 Å². The zero-order chi connectivity index (χ0) is 18.9. The molecule has 0 spiro atoms. The number of carbonyl (C=O) groups is 1. The van der Waals surface area contributed by atoms with Crippen molar-refractivity contribution in [2.75, 3.05) is 27.8 Å². The first kappa shape index (κ1) is 19.3. The summed E-state index contributed by atoms with van der Waals surface area (Å²) < 4.78 is 10.9. The van der Waals surface area contributed by atoms with Crippen LogP contribution in [0.15, 0.2) is 30.4 Å². The lowest BCUT2D eigenvalue weighted by atomic mass is 9.69. The Kier molecular flexibility index (Phi) is 5.71. The number of hydrogen-bond acceptors (Lipinski definition) is 5. The molecule has 1 saturated heterocycles. The smallest absolute Gasteiger partial charge is 0.164 e. The number of likely N-dealkylation sites (tertiary alicyclic amines) is 1. The number of benzene rings is 1. The van der Waals surface area contributed by atoms with E-state index in [0.29, 0.717) is 6.04 Å². The van der Waals surface area contributed by atoms with Crippen LogP contribution in [0.25, 0.3) is 0 Å². The largest absolute Gasteiger partial charge is 0.493 e. The molecule has 0 saturated carbocycles. The molecule has 0 bridgehead atoms. The van der Waals surface area contributed by atoms with Crippen molar-refractivity contribution in [2.24, 2.45) is 0 Å². The molecule has 1 aliphatic carbocycles. The number of nitrogens with one attached hydrogen (secondary N) is 1. The van der Waals surface area contributed by atoms with Crippen LogP contribution in [-0.4, -0.2) is 56.4 Å². The molecule has 3 unspecified atom stereocenters. The van der Waals surface area contributed by atoms with E-state index in [4.69, 9.17) is 9.47 Å². The molecule has 2 aliphatic rings. The maximum Gasteiger partial charge on any atom is 0.164 e. The highest BCUT2D eigenvalue weighted by atomic mass is 31.0. The fourth-order valence-corrected chi connectivity index (χ4v) is 4.45. The average molecular weight is 376 g/mol. The van der Waals surface area contributed by atoms with E-state index in [0.717, 1.165) is 30.9 Å². The first-order chi connectivity index (χ1) is 12.4. The SMILES string of the molecule is COc1ccc([C@@]23C=CC(NC(C)C(=O)P)C[C@@H]2N(C)CC3)cc1OC. The van der Waals surface area contributed by atoms with Gasteiger partial charge < -0.3 is 19.7 Å². The molecule has 0 amide bonds. The van der Waals surface area contributed by atoms with Gasteiger partial charge in [-0.2, -0.15) is 0 Å². The van der Waals surface area contributed by atoms with Crippen LogP contribution in [0, 0.1) is 0 Å². The van der Waals surface area contributed by atoms with Crippen molar-refractivity contribution < 1.29 is 14.3 Å². The van der Waals surface area contributed by atoms with Crippen LogP contribution >= 0.6 is 9.24 Å². The molecule has 0 radical (unpaired) electrons. The normalized spacial score (nSPS) is 29.3. The molecule has 0 aromatic heterocycles. The molecule has 1 aromatic carbocycles. The molecule has 26 heavy (non-hydrogen) atoms. The lowest BCUT2D eigenvalue weighted by Crippen LogP contribution is -2.50. The fraction of sp³-hybridized carbons (Fsp3) is 0.550. The average Bonchev–Trinajstić information content (AvgIpc) is 2.98. The molecular formula is C20H29N2O3P. The minimum Gasteiger partial charge on any atom is -0.493 e. The molecule has 3 rings (SSSR count). The zero-order valence-electron chi connectivity index (χ0n) is 16.0. The Bertz CT molecular complexity index is 708. The summed E-state index contributed by atoms with van der Waals surface area (Å²) in [6.45, 7) is 2.96. The molecule has 6 heteroatoms. The van der Waals surface area contributed by atoms with Gasteiger partial charge in [0.05, 0.1) is 20.3 Å². The van der Waals surface area contributed by atoms with Crippen molar-refractivity contribution in [3.63, 3.8) is 0 Å². The molecule has 5 nitrogen and oxygen atoms in total. The summed E-state index contributed by atoms with van der Waals surface area (Å²) in [5.74, 6) is 1.52. The van der Waals surface area contributed by atoms with Crippen molar-refractivity contribution in [3.05, 3.63) is 35.9 Å². The Hall–Kier alpha value is -1.42. The molecule has 5 atom stereocenters. The lowest BCUT2D eigenvalue weighted by molar-refractivity contribution is -0.112. The van der Waals surface area contributed by atoms with E-state index >= 15 is 0 Å². The summed E-state index contributed by atoms with van der Waals surface area (Å²) in [7, 11) is 7.79. The van der Waals surface area contributed by atoms with Crippen molar-refractivity contribution in [2.45, 2.75) is 43.3 Å². The molecule has 1 aromatic rings. The maximum atomic E-state index is 11.6. The first-order valence-corrected chi connectivity index (χ1v) is 9.66. The first-order valence-electron chi connectivity index (χ1n) is 9.08. The second-order valence-electron chi connectivity index (χ2n) is 7.35. The predicted octanol–water partition coefficient (Wildman–Crippen LogP) is 2.35. The number of methoxy groups -OCH3 is 2. The highest BCUT2D eigenvalue weighted by Gasteiger charge is 2.48. The Morgan fingerprint density at radius 1 is 1.35 bits per heavy atom. The highest BCUT2D eigenvalue weighted by Crippen LogP contribution is 2.47. The van der Waals surface area contributed by atoms with Gasteiger partial charge in [0.15, 0.2) is 17.0 Å². The van der Waals surface area contributed by atoms with E-state index in [1.54, 1.807) is 14.2 Å². The summed E-state index contributed by atoms with van der Waals surface area (Å²) in [6.07, 6.45) is 6.62. The number of rotatable bonds is 6. The van der Waals surface area contributed by atoms with Crippen LogP contribution in [0.2, 0.25) is 0 Å².